The Morgan fingerprint density at radius 2 is 1.78 bits per heavy atom. The van der Waals surface area contributed by atoms with Crippen LogP contribution in [0.4, 0.5) is 0 Å². The molecular weight excluding hydrogens is 671 g/mol. The van der Waals surface area contributed by atoms with Crippen LogP contribution >= 0.6 is 10.8 Å². The van der Waals surface area contributed by atoms with Gasteiger partial charge in [-0.25, -0.2) is 0 Å². The van der Waals surface area contributed by atoms with Crippen LogP contribution in [0.2, 0.25) is 0 Å². The summed E-state index contributed by atoms with van der Waals surface area (Å²) in [6, 6.07) is 12.7. The first-order valence-corrected chi connectivity index (χ1v) is 19.7. The fourth-order valence-electron chi connectivity index (χ4n) is 7.63. The predicted molar refractivity (Wildman–Crippen MR) is 194 cm³/mol. The van der Waals surface area contributed by atoms with Crippen LogP contribution in [0.15, 0.2) is 53.6 Å². The Balaban J connectivity index is 1.12. The number of piperidine rings is 1. The molecule has 3 N–H and O–H groups in total. The number of carbonyl (C=O) groups is 2. The second-order valence-corrected chi connectivity index (χ2v) is 17.1. The molecule has 278 valence electrons. The van der Waals surface area contributed by atoms with Gasteiger partial charge < -0.3 is 19.5 Å². The van der Waals surface area contributed by atoms with E-state index in [4.69, 9.17) is 9.47 Å². The average molecular weight is 724 g/mol. The van der Waals surface area contributed by atoms with Gasteiger partial charge in [0.15, 0.2) is 0 Å². The maximum absolute atomic E-state index is 13.0. The van der Waals surface area contributed by atoms with Crippen molar-refractivity contribution in [2.75, 3.05) is 19.6 Å². The number of aromatic nitrogens is 3. The van der Waals surface area contributed by atoms with Gasteiger partial charge >= 0.3 is 5.97 Å². The molecule has 0 spiro atoms. The number of aliphatic carboxylic acids is 1. The molecule has 1 saturated carbocycles. The molecular formula is C38H53N5O7S. The first kappa shape index (κ1) is 37.3. The number of hydrogen-bond donors (Lipinski definition) is 3. The van der Waals surface area contributed by atoms with Crippen LogP contribution in [-0.4, -0.2) is 76.0 Å². The van der Waals surface area contributed by atoms with Crippen LogP contribution in [0, 0.1) is 24.2 Å². The minimum absolute atomic E-state index is 0.0667. The molecule has 2 fully saturated rings. The molecule has 1 aliphatic carbocycles. The smallest absolute Gasteiger partial charge is 0.312 e. The van der Waals surface area contributed by atoms with E-state index in [0.29, 0.717) is 40.3 Å². The third-order valence-electron chi connectivity index (χ3n) is 10.8. The summed E-state index contributed by atoms with van der Waals surface area (Å²) in [5, 5.41) is 19.0. The van der Waals surface area contributed by atoms with Gasteiger partial charge in [-0.2, -0.15) is 4.31 Å². The molecule has 0 bridgehead atoms. The molecule has 2 unspecified atom stereocenters. The quantitative estimate of drug-likeness (QED) is 0.187. The van der Waals surface area contributed by atoms with Crippen LogP contribution in [0.25, 0.3) is 0 Å². The number of ether oxygens (including phenoxy) is 2. The normalized spacial score (nSPS) is 21.7. The average Bonchev–Trinajstić information content (AvgIpc) is 3.53. The van der Waals surface area contributed by atoms with E-state index >= 15 is 0 Å². The first-order valence-electron chi connectivity index (χ1n) is 18.2. The Hall–Kier alpha value is -3.49. The van der Waals surface area contributed by atoms with Crippen LogP contribution in [0.5, 0.6) is 5.75 Å². The summed E-state index contributed by atoms with van der Waals surface area (Å²) in [6.45, 7) is 9.97. The number of fused-ring (bicyclic) bond motifs is 1. The maximum Gasteiger partial charge on any atom is 0.312 e. The molecule has 2 atom stereocenters. The molecule has 6 rings (SSSR count). The van der Waals surface area contributed by atoms with Crippen molar-refractivity contribution in [1.82, 2.24) is 24.2 Å². The van der Waals surface area contributed by atoms with E-state index in [1.54, 1.807) is 42.4 Å². The monoisotopic (exact) mass is 723 g/mol. The number of benzene rings is 2. The van der Waals surface area contributed by atoms with Crippen LogP contribution in [-0.2, 0) is 34.0 Å². The van der Waals surface area contributed by atoms with Crippen molar-refractivity contribution in [3.05, 3.63) is 71.0 Å². The topological polar surface area (TPSA) is 150 Å². The van der Waals surface area contributed by atoms with Crippen LogP contribution in [0.3, 0.4) is 0 Å². The molecule has 0 radical (unpaired) electrons. The minimum Gasteiger partial charge on any atom is -0.487 e. The van der Waals surface area contributed by atoms with Gasteiger partial charge in [0.25, 0.3) is 0 Å². The minimum atomic E-state index is -3.36. The fourth-order valence-corrected chi connectivity index (χ4v) is 9.29. The summed E-state index contributed by atoms with van der Waals surface area (Å²) in [7, 11) is -3.36. The number of amides is 1. The van der Waals surface area contributed by atoms with E-state index in [1.807, 2.05) is 42.9 Å². The Bertz CT molecular complexity index is 1680. The molecule has 1 aromatic heterocycles. The van der Waals surface area contributed by atoms with E-state index in [2.05, 4.69) is 15.2 Å². The number of carboxylic acids is 1. The highest BCUT2D eigenvalue weighted by Crippen LogP contribution is 2.57. The van der Waals surface area contributed by atoms with Gasteiger partial charge in [0.2, 0.25) is 5.91 Å². The summed E-state index contributed by atoms with van der Waals surface area (Å²) in [4.78, 5) is 28.0. The van der Waals surface area contributed by atoms with Gasteiger partial charge in [-0.3, -0.25) is 23.4 Å². The molecule has 1 saturated heterocycles. The predicted octanol–water partition coefficient (Wildman–Crippen LogP) is 7.08. The molecule has 51 heavy (non-hydrogen) atoms. The van der Waals surface area contributed by atoms with E-state index < -0.39 is 28.3 Å². The molecule has 2 aliphatic heterocycles. The zero-order valence-electron chi connectivity index (χ0n) is 30.2. The van der Waals surface area contributed by atoms with Crippen molar-refractivity contribution in [2.45, 2.75) is 109 Å². The summed E-state index contributed by atoms with van der Waals surface area (Å²) < 4.78 is 38.8. The number of carboxylic acid groups (broad SMARTS) is 1. The molecule has 13 heteroatoms. The lowest BCUT2D eigenvalue weighted by molar-refractivity contribution is -0.158. The van der Waals surface area contributed by atoms with Crippen molar-refractivity contribution in [1.29, 1.82) is 0 Å². The van der Waals surface area contributed by atoms with Gasteiger partial charge in [0, 0.05) is 32.1 Å². The Kier molecular flexibility index (Phi) is 11.4. The zero-order valence-corrected chi connectivity index (χ0v) is 31.1. The lowest BCUT2D eigenvalue weighted by atomic mass is 9.81. The Morgan fingerprint density at radius 1 is 1.06 bits per heavy atom. The summed E-state index contributed by atoms with van der Waals surface area (Å²) >= 11 is 0. The number of rotatable bonds is 11. The number of aryl methyl sites for hydroxylation is 1. The lowest BCUT2D eigenvalue weighted by Crippen LogP contribution is -2.42. The van der Waals surface area contributed by atoms with Gasteiger partial charge in [-0.15, -0.1) is 15.9 Å². The summed E-state index contributed by atoms with van der Waals surface area (Å²) in [5.41, 5.74) is 1.73. The largest absolute Gasteiger partial charge is 0.487 e. The van der Waals surface area contributed by atoms with Gasteiger partial charge in [-0.05, 0) is 88.1 Å². The summed E-state index contributed by atoms with van der Waals surface area (Å²) in [5.74, 6) is 0.383. The van der Waals surface area contributed by atoms with Crippen LogP contribution < -0.4 is 4.74 Å². The van der Waals surface area contributed by atoms with Crippen molar-refractivity contribution < 1.29 is 33.3 Å². The number of likely N-dealkylation sites (tertiary alicyclic amines) is 1. The van der Waals surface area contributed by atoms with Crippen molar-refractivity contribution in [3.63, 3.8) is 0 Å². The third-order valence-corrected chi connectivity index (χ3v) is 12.8. The number of hydrogen-bond acceptors (Lipinski definition) is 9. The maximum atomic E-state index is 13.0. The van der Waals surface area contributed by atoms with E-state index in [9.17, 15) is 23.8 Å². The zero-order chi connectivity index (χ0) is 36.3. The fraction of sp³-hybridized carbons (Fsp3) is 0.579. The highest BCUT2D eigenvalue weighted by molar-refractivity contribution is 8.22. The summed E-state index contributed by atoms with van der Waals surface area (Å²) in [6.07, 6.45) is 8.20. The number of nitrogens with zero attached hydrogens (tertiary/aromatic N) is 5. The second kappa shape index (κ2) is 15.6. The SMILES string of the molecule is Cc1ccc(C(OCc2cn(CC3CCN(C(=O)C4CCCCC4)CC3)nn2)C(C)(C)C(=O)O)cc1CN1CC(C)Oc2ccccc2S1(O)O. The Morgan fingerprint density at radius 3 is 2.51 bits per heavy atom. The molecule has 3 heterocycles. The van der Waals surface area contributed by atoms with Gasteiger partial charge in [-0.1, -0.05) is 54.8 Å². The van der Waals surface area contributed by atoms with Gasteiger partial charge in [0.1, 0.15) is 22.4 Å². The highest BCUT2D eigenvalue weighted by atomic mass is 32.3. The van der Waals surface area contributed by atoms with Gasteiger partial charge in [0.05, 0.1) is 30.9 Å². The third kappa shape index (κ3) is 8.44. The van der Waals surface area contributed by atoms with Crippen molar-refractivity contribution in [3.8, 4) is 5.75 Å². The first-order chi connectivity index (χ1) is 24.3. The molecule has 3 aliphatic rings. The van der Waals surface area contributed by atoms with Crippen molar-refractivity contribution in [2.24, 2.45) is 17.3 Å². The molecule has 2 aromatic carbocycles. The number of para-hydroxylation sites is 1. The lowest BCUT2D eigenvalue weighted by Gasteiger charge is -2.42. The number of carbonyl (C=O) groups excluding carboxylic acids is 1. The Labute approximate surface area is 302 Å². The van der Waals surface area contributed by atoms with E-state index in [-0.39, 0.29) is 31.7 Å². The standard InChI is InChI=1S/C38H53N5O7S/c1-26-14-15-30(20-31(26)23-43-21-27(2)50-33-12-8-9-13-34(33)51(43,47)48)35(38(3,4)37(45)46)49-25-32-24-42(40-39-32)22-28-16-18-41(19-17-28)36(44)29-10-6-5-7-11-29/h8-9,12-15,20,24,27-29,35,47-48H,5-7,10-11,16-19,21-23,25H2,1-4H3,(H,45,46). The second-order valence-electron chi connectivity index (χ2n) is 15.2. The highest BCUT2D eigenvalue weighted by Gasteiger charge is 2.40. The van der Waals surface area contributed by atoms with Crippen LogP contribution in [0.1, 0.15) is 94.2 Å². The van der Waals surface area contributed by atoms with Crippen molar-refractivity contribution >= 4 is 22.7 Å². The van der Waals surface area contributed by atoms with E-state index in [1.165, 1.54) is 6.42 Å². The van der Waals surface area contributed by atoms with E-state index in [0.717, 1.165) is 62.7 Å². The molecule has 1 amide bonds. The molecule has 3 aromatic rings. The molecule has 12 nitrogen and oxygen atoms in total.